The first-order chi connectivity index (χ1) is 9.61. The van der Waals surface area contributed by atoms with Crippen LogP contribution >= 0.6 is 0 Å². The van der Waals surface area contributed by atoms with Gasteiger partial charge in [0.05, 0.1) is 5.69 Å². The van der Waals surface area contributed by atoms with Gasteiger partial charge in [0.1, 0.15) is 0 Å². The van der Waals surface area contributed by atoms with Crippen molar-refractivity contribution in [2.24, 2.45) is 5.73 Å². The van der Waals surface area contributed by atoms with E-state index in [1.807, 2.05) is 6.07 Å². The van der Waals surface area contributed by atoms with Crippen molar-refractivity contribution in [3.8, 4) is 0 Å². The van der Waals surface area contributed by atoms with Gasteiger partial charge in [0, 0.05) is 5.56 Å². The minimum atomic E-state index is -1.07. The molecule has 0 radical (unpaired) electrons. The summed E-state index contributed by atoms with van der Waals surface area (Å²) >= 11 is 0. The van der Waals surface area contributed by atoms with Crippen molar-refractivity contribution in [1.29, 1.82) is 0 Å². The Morgan fingerprint density at radius 3 is 2.65 bits per heavy atom. The van der Waals surface area contributed by atoms with E-state index in [1.54, 1.807) is 18.2 Å². The number of rotatable bonds is 4. The van der Waals surface area contributed by atoms with Gasteiger partial charge in [-0.2, -0.15) is 0 Å². The highest BCUT2D eigenvalue weighted by Crippen LogP contribution is 2.17. The van der Waals surface area contributed by atoms with E-state index in [4.69, 9.17) is 5.73 Å². The molecule has 0 heterocycles. The number of nitrogens with two attached hydrogens (primary N) is 1. The van der Waals surface area contributed by atoms with Gasteiger partial charge in [0.15, 0.2) is 11.6 Å². The van der Waals surface area contributed by atoms with Crippen LogP contribution < -0.4 is 11.1 Å². The average Bonchev–Trinajstić information content (AvgIpc) is 2.44. The number of hydrogen-bond acceptors (Lipinski definition) is 2. The first kappa shape index (κ1) is 14.1. The largest absolute Gasteiger partial charge is 0.330 e. The molecule has 3 nitrogen and oxygen atoms in total. The number of carbonyl (C=O) groups excluding carboxylic acids is 1. The van der Waals surface area contributed by atoms with E-state index in [0.29, 0.717) is 18.5 Å². The minimum Gasteiger partial charge on any atom is -0.330 e. The highest BCUT2D eigenvalue weighted by atomic mass is 19.2. The Morgan fingerprint density at radius 1 is 1.15 bits per heavy atom. The lowest BCUT2D eigenvalue weighted by Gasteiger charge is -2.08. The zero-order valence-electron chi connectivity index (χ0n) is 10.7. The maximum atomic E-state index is 13.5. The summed E-state index contributed by atoms with van der Waals surface area (Å²) < 4.78 is 26.5. The lowest BCUT2D eigenvalue weighted by molar-refractivity contribution is 0.102. The van der Waals surface area contributed by atoms with Crippen LogP contribution in [0.4, 0.5) is 14.5 Å². The molecule has 2 rings (SSSR count). The van der Waals surface area contributed by atoms with Crippen molar-refractivity contribution >= 4 is 11.6 Å². The molecule has 2 aromatic carbocycles. The van der Waals surface area contributed by atoms with Crippen LogP contribution in [0, 0.1) is 11.6 Å². The first-order valence-electron chi connectivity index (χ1n) is 6.16. The Balaban J connectivity index is 2.19. The second-order valence-electron chi connectivity index (χ2n) is 4.29. The summed E-state index contributed by atoms with van der Waals surface area (Å²) in [4.78, 5) is 12.0. The van der Waals surface area contributed by atoms with Crippen molar-refractivity contribution in [1.82, 2.24) is 0 Å². The van der Waals surface area contributed by atoms with Gasteiger partial charge in [-0.1, -0.05) is 18.2 Å². The third-order valence-corrected chi connectivity index (χ3v) is 2.82. The van der Waals surface area contributed by atoms with Crippen LogP contribution in [0.3, 0.4) is 0 Å². The van der Waals surface area contributed by atoms with Crippen molar-refractivity contribution < 1.29 is 13.6 Å². The zero-order valence-corrected chi connectivity index (χ0v) is 10.7. The number of carbonyl (C=O) groups is 1. The number of anilines is 1. The minimum absolute atomic E-state index is 0.181. The number of hydrogen-bond donors (Lipinski definition) is 2. The van der Waals surface area contributed by atoms with Gasteiger partial charge in [-0.05, 0) is 42.8 Å². The smallest absolute Gasteiger partial charge is 0.255 e. The molecule has 2 aromatic rings. The third kappa shape index (κ3) is 3.19. The molecule has 0 aromatic heterocycles. The quantitative estimate of drug-likeness (QED) is 0.902. The molecule has 0 bridgehead atoms. The fourth-order valence-corrected chi connectivity index (χ4v) is 1.83. The van der Waals surface area contributed by atoms with Crippen molar-refractivity contribution in [3.05, 3.63) is 65.2 Å². The van der Waals surface area contributed by atoms with E-state index in [0.717, 1.165) is 11.6 Å². The molecule has 0 fully saturated rings. The van der Waals surface area contributed by atoms with E-state index in [2.05, 4.69) is 5.32 Å². The molecular formula is C15H14F2N2O. The molecule has 0 spiro atoms. The molecule has 5 heteroatoms. The molecule has 0 saturated carbocycles. The molecule has 0 saturated heterocycles. The number of benzene rings is 2. The van der Waals surface area contributed by atoms with Gasteiger partial charge in [-0.3, -0.25) is 4.79 Å². The summed E-state index contributed by atoms with van der Waals surface area (Å²) in [7, 11) is 0. The zero-order chi connectivity index (χ0) is 14.5. The van der Waals surface area contributed by atoms with Crippen molar-refractivity contribution in [2.45, 2.75) is 6.42 Å². The summed E-state index contributed by atoms with van der Waals surface area (Å²) in [6.07, 6.45) is 0.648. The molecule has 0 aliphatic heterocycles. The predicted molar refractivity (Wildman–Crippen MR) is 73.5 cm³/mol. The number of nitrogens with one attached hydrogen (secondary N) is 1. The van der Waals surface area contributed by atoms with Crippen LogP contribution in [0.15, 0.2) is 42.5 Å². The molecule has 104 valence electrons. The fourth-order valence-electron chi connectivity index (χ4n) is 1.83. The van der Waals surface area contributed by atoms with Gasteiger partial charge in [0.2, 0.25) is 0 Å². The Hall–Kier alpha value is -2.27. The standard InChI is InChI=1S/C15H14F2N2O/c16-12-5-2-6-13(14(12)17)19-15(20)11-4-1-3-10(9-11)7-8-18/h1-6,9H,7-8,18H2,(H,19,20). The van der Waals surface area contributed by atoms with Crippen LogP contribution in [0.1, 0.15) is 15.9 Å². The van der Waals surface area contributed by atoms with E-state index in [1.165, 1.54) is 12.1 Å². The number of amides is 1. The summed E-state index contributed by atoms with van der Waals surface area (Å²) in [5, 5.41) is 2.35. The number of halogens is 2. The van der Waals surface area contributed by atoms with Gasteiger partial charge in [0.25, 0.3) is 5.91 Å². The molecule has 0 aliphatic carbocycles. The molecule has 3 N–H and O–H groups in total. The summed E-state index contributed by atoms with van der Waals surface area (Å²) in [5.74, 6) is -2.56. The Morgan fingerprint density at radius 2 is 1.90 bits per heavy atom. The van der Waals surface area contributed by atoms with Crippen LogP contribution in [0.25, 0.3) is 0 Å². The summed E-state index contributed by atoms with van der Waals surface area (Å²) in [5.41, 5.74) is 6.56. The van der Waals surface area contributed by atoms with E-state index in [9.17, 15) is 13.6 Å². The van der Waals surface area contributed by atoms with Gasteiger partial charge < -0.3 is 11.1 Å². The average molecular weight is 276 g/mol. The monoisotopic (exact) mass is 276 g/mol. The lowest BCUT2D eigenvalue weighted by Crippen LogP contribution is -2.14. The Bertz CT molecular complexity index is 629. The second-order valence-corrected chi connectivity index (χ2v) is 4.29. The maximum Gasteiger partial charge on any atom is 0.255 e. The SMILES string of the molecule is NCCc1cccc(C(=O)Nc2cccc(F)c2F)c1. The van der Waals surface area contributed by atoms with E-state index in [-0.39, 0.29) is 5.69 Å². The van der Waals surface area contributed by atoms with Gasteiger partial charge in [-0.25, -0.2) is 8.78 Å². The topological polar surface area (TPSA) is 55.1 Å². The fraction of sp³-hybridized carbons (Fsp3) is 0.133. The van der Waals surface area contributed by atoms with Crippen molar-refractivity contribution in [2.75, 3.05) is 11.9 Å². The van der Waals surface area contributed by atoms with E-state index >= 15 is 0 Å². The summed E-state index contributed by atoms with van der Waals surface area (Å²) in [6, 6.07) is 10.5. The first-order valence-corrected chi connectivity index (χ1v) is 6.16. The predicted octanol–water partition coefficient (Wildman–Crippen LogP) is 2.72. The molecular weight excluding hydrogens is 262 g/mol. The Labute approximate surface area is 115 Å². The lowest BCUT2D eigenvalue weighted by atomic mass is 10.1. The van der Waals surface area contributed by atoms with Crippen LogP contribution in [0.2, 0.25) is 0 Å². The highest BCUT2D eigenvalue weighted by Gasteiger charge is 2.12. The molecule has 1 amide bonds. The molecule has 0 unspecified atom stereocenters. The molecule has 0 atom stereocenters. The maximum absolute atomic E-state index is 13.5. The van der Waals surface area contributed by atoms with Crippen LogP contribution in [-0.2, 0) is 6.42 Å². The Kier molecular flexibility index (Phi) is 4.42. The van der Waals surface area contributed by atoms with Crippen LogP contribution in [0.5, 0.6) is 0 Å². The normalized spacial score (nSPS) is 10.3. The molecule has 20 heavy (non-hydrogen) atoms. The van der Waals surface area contributed by atoms with Gasteiger partial charge >= 0.3 is 0 Å². The van der Waals surface area contributed by atoms with Crippen molar-refractivity contribution in [3.63, 3.8) is 0 Å². The van der Waals surface area contributed by atoms with E-state index < -0.39 is 17.5 Å². The summed E-state index contributed by atoms with van der Waals surface area (Å²) in [6.45, 7) is 0.476. The molecule has 0 aliphatic rings. The third-order valence-electron chi connectivity index (χ3n) is 2.82. The highest BCUT2D eigenvalue weighted by molar-refractivity contribution is 6.04. The van der Waals surface area contributed by atoms with Gasteiger partial charge in [-0.15, -0.1) is 0 Å². The second kappa shape index (κ2) is 6.25. The van der Waals surface area contributed by atoms with Crippen LogP contribution in [-0.4, -0.2) is 12.5 Å².